The van der Waals surface area contributed by atoms with Crippen molar-refractivity contribution in [1.29, 1.82) is 0 Å². The van der Waals surface area contributed by atoms with Gasteiger partial charge in [0, 0.05) is 25.6 Å². The van der Waals surface area contributed by atoms with E-state index in [1.165, 1.54) is 24.9 Å². The summed E-state index contributed by atoms with van der Waals surface area (Å²) in [7, 11) is -2.56. The number of carboxylic acids is 1. The van der Waals surface area contributed by atoms with Gasteiger partial charge < -0.3 is 14.4 Å². The van der Waals surface area contributed by atoms with E-state index in [1.807, 2.05) is 30.3 Å². The summed E-state index contributed by atoms with van der Waals surface area (Å²) in [6, 6.07) is 10.5. The Labute approximate surface area is 157 Å². The van der Waals surface area contributed by atoms with Crippen molar-refractivity contribution in [1.82, 2.24) is 9.62 Å². The predicted molar refractivity (Wildman–Crippen MR) is 97.7 cm³/mol. The molecule has 2 rings (SSSR count). The van der Waals surface area contributed by atoms with Crippen molar-refractivity contribution >= 4 is 21.9 Å². The second-order valence-electron chi connectivity index (χ2n) is 5.95. The fourth-order valence-electron chi connectivity index (χ4n) is 2.55. The van der Waals surface area contributed by atoms with Crippen molar-refractivity contribution in [3.05, 3.63) is 53.3 Å². The zero-order valence-corrected chi connectivity index (χ0v) is 16.0. The molecule has 0 radical (unpaired) electrons. The molecule has 0 bridgehead atoms. The molecule has 146 valence electrons. The van der Waals surface area contributed by atoms with Crippen LogP contribution in [-0.4, -0.2) is 43.9 Å². The van der Waals surface area contributed by atoms with Gasteiger partial charge in [0.2, 0.25) is 5.09 Å². The zero-order valence-electron chi connectivity index (χ0n) is 15.1. The number of hydrogen-bond acceptors (Lipinski definition) is 5. The van der Waals surface area contributed by atoms with Gasteiger partial charge in [-0.05, 0) is 26.0 Å². The molecule has 0 atom stereocenters. The summed E-state index contributed by atoms with van der Waals surface area (Å²) in [5.41, 5.74) is 1.01. The molecule has 0 aliphatic heterocycles. The monoisotopic (exact) mass is 394 g/mol. The minimum absolute atomic E-state index is 0.0671. The van der Waals surface area contributed by atoms with Crippen LogP contribution in [0, 0.1) is 6.92 Å². The minimum Gasteiger partial charge on any atom is -0.481 e. The summed E-state index contributed by atoms with van der Waals surface area (Å²) in [6.45, 7) is 2.01. The Morgan fingerprint density at radius 1 is 1.22 bits per heavy atom. The van der Waals surface area contributed by atoms with Gasteiger partial charge in [-0.3, -0.25) is 9.59 Å². The van der Waals surface area contributed by atoms with Crippen LogP contribution in [0.25, 0.3) is 0 Å². The van der Waals surface area contributed by atoms with E-state index < -0.39 is 21.9 Å². The molecule has 0 fully saturated rings. The van der Waals surface area contributed by atoms with Gasteiger partial charge >= 0.3 is 5.97 Å². The van der Waals surface area contributed by atoms with E-state index in [-0.39, 0.29) is 42.3 Å². The summed E-state index contributed by atoms with van der Waals surface area (Å²) in [5.74, 6) is -1.17. The van der Waals surface area contributed by atoms with Crippen LogP contribution < -0.4 is 4.72 Å². The fourth-order valence-corrected chi connectivity index (χ4v) is 3.26. The molecular weight excluding hydrogens is 372 g/mol. The molecular formula is C18H22N2O6S. The lowest BCUT2D eigenvalue weighted by molar-refractivity contribution is -0.137. The standard InChI is InChI=1S/C18H22N2O6S/c1-13-15(11-17(26-13)27(24,25)19-2)18(23)20(10-6-9-16(21)22)12-14-7-4-3-5-8-14/h3-5,7-8,11,19H,6,9-10,12H2,1-2H3,(H,21,22). The predicted octanol–water partition coefficient (Wildman–Crippen LogP) is 2.00. The van der Waals surface area contributed by atoms with Crippen LogP contribution in [0.4, 0.5) is 0 Å². The van der Waals surface area contributed by atoms with E-state index >= 15 is 0 Å². The lowest BCUT2D eigenvalue weighted by Gasteiger charge is -2.22. The van der Waals surface area contributed by atoms with Gasteiger partial charge in [0.1, 0.15) is 5.76 Å². The largest absolute Gasteiger partial charge is 0.481 e. The van der Waals surface area contributed by atoms with E-state index in [0.717, 1.165) is 5.56 Å². The Balaban J connectivity index is 2.28. The lowest BCUT2D eigenvalue weighted by Crippen LogP contribution is -2.32. The van der Waals surface area contributed by atoms with Crippen LogP contribution in [0.15, 0.2) is 45.9 Å². The SMILES string of the molecule is CNS(=O)(=O)c1cc(C(=O)N(CCCC(=O)O)Cc2ccccc2)c(C)o1. The van der Waals surface area contributed by atoms with Crippen LogP contribution in [0.3, 0.4) is 0 Å². The number of nitrogens with zero attached hydrogens (tertiary/aromatic N) is 1. The second-order valence-corrected chi connectivity index (χ2v) is 7.77. The number of amides is 1. The van der Waals surface area contributed by atoms with E-state index in [9.17, 15) is 18.0 Å². The molecule has 0 saturated heterocycles. The highest BCUT2D eigenvalue weighted by atomic mass is 32.2. The number of aliphatic carboxylic acids is 1. The number of carbonyl (C=O) groups is 2. The molecule has 1 aromatic carbocycles. The molecule has 0 aliphatic carbocycles. The Hall–Kier alpha value is -2.65. The van der Waals surface area contributed by atoms with Gasteiger partial charge in [-0.1, -0.05) is 30.3 Å². The highest BCUT2D eigenvalue weighted by molar-refractivity contribution is 7.89. The maximum atomic E-state index is 13.0. The summed E-state index contributed by atoms with van der Waals surface area (Å²) >= 11 is 0. The number of aryl methyl sites for hydroxylation is 1. The molecule has 0 spiro atoms. The van der Waals surface area contributed by atoms with E-state index in [1.54, 1.807) is 0 Å². The maximum absolute atomic E-state index is 13.0. The third-order valence-corrected chi connectivity index (χ3v) is 5.25. The smallest absolute Gasteiger partial charge is 0.303 e. The number of benzene rings is 1. The van der Waals surface area contributed by atoms with Crippen LogP contribution in [0.1, 0.15) is 34.5 Å². The maximum Gasteiger partial charge on any atom is 0.303 e. The molecule has 0 unspecified atom stereocenters. The highest BCUT2D eigenvalue weighted by Gasteiger charge is 2.25. The molecule has 0 saturated carbocycles. The van der Waals surface area contributed by atoms with E-state index in [4.69, 9.17) is 9.52 Å². The molecule has 27 heavy (non-hydrogen) atoms. The first-order chi connectivity index (χ1) is 12.7. The summed E-state index contributed by atoms with van der Waals surface area (Å²) < 4.78 is 31.2. The number of rotatable bonds is 9. The molecule has 1 heterocycles. The first kappa shape index (κ1) is 20.7. The van der Waals surface area contributed by atoms with E-state index in [2.05, 4.69) is 4.72 Å². The number of hydrogen-bond donors (Lipinski definition) is 2. The van der Waals surface area contributed by atoms with Crippen molar-refractivity contribution in [2.75, 3.05) is 13.6 Å². The van der Waals surface area contributed by atoms with Crippen molar-refractivity contribution < 1.29 is 27.5 Å². The Bertz CT molecular complexity index is 905. The van der Waals surface area contributed by atoms with Crippen LogP contribution in [-0.2, 0) is 21.4 Å². The van der Waals surface area contributed by atoms with Gasteiger partial charge in [-0.15, -0.1) is 0 Å². The molecule has 1 amide bonds. The number of sulfonamides is 1. The summed E-state index contributed by atoms with van der Waals surface area (Å²) in [6.07, 6.45) is 0.217. The van der Waals surface area contributed by atoms with Crippen molar-refractivity contribution in [2.45, 2.75) is 31.4 Å². The Morgan fingerprint density at radius 3 is 2.48 bits per heavy atom. The number of furan rings is 1. The quantitative estimate of drug-likeness (QED) is 0.672. The molecule has 2 aromatic rings. The van der Waals surface area contributed by atoms with Crippen molar-refractivity contribution in [3.8, 4) is 0 Å². The summed E-state index contributed by atoms with van der Waals surface area (Å²) in [4.78, 5) is 25.3. The third kappa shape index (κ3) is 5.41. The average Bonchev–Trinajstić information content (AvgIpc) is 3.03. The molecule has 9 heteroatoms. The first-order valence-electron chi connectivity index (χ1n) is 8.33. The number of carbonyl (C=O) groups excluding carboxylic acids is 1. The number of nitrogens with one attached hydrogen (secondary N) is 1. The lowest BCUT2D eigenvalue weighted by atomic mass is 10.1. The Morgan fingerprint density at radius 2 is 1.89 bits per heavy atom. The minimum atomic E-state index is -3.81. The van der Waals surface area contributed by atoms with Gasteiger partial charge in [0.15, 0.2) is 0 Å². The Kier molecular flexibility index (Phi) is 6.75. The second kappa shape index (κ2) is 8.83. The molecule has 1 aromatic heterocycles. The van der Waals surface area contributed by atoms with E-state index in [0.29, 0.717) is 0 Å². The topological polar surface area (TPSA) is 117 Å². The normalized spacial score (nSPS) is 11.3. The molecule has 2 N–H and O–H groups in total. The van der Waals surface area contributed by atoms with Crippen molar-refractivity contribution in [3.63, 3.8) is 0 Å². The molecule has 8 nitrogen and oxygen atoms in total. The number of carboxylic acid groups (broad SMARTS) is 1. The van der Waals surface area contributed by atoms with Crippen molar-refractivity contribution in [2.24, 2.45) is 0 Å². The van der Waals surface area contributed by atoms with Gasteiger partial charge in [-0.2, -0.15) is 0 Å². The first-order valence-corrected chi connectivity index (χ1v) is 9.82. The van der Waals surface area contributed by atoms with Gasteiger partial charge in [0.25, 0.3) is 15.9 Å². The zero-order chi connectivity index (χ0) is 20.0. The van der Waals surface area contributed by atoms with Gasteiger partial charge in [0.05, 0.1) is 5.56 Å². The highest BCUT2D eigenvalue weighted by Crippen LogP contribution is 2.21. The molecule has 0 aliphatic rings. The third-order valence-electron chi connectivity index (χ3n) is 3.98. The fraction of sp³-hybridized carbons (Fsp3) is 0.333. The average molecular weight is 394 g/mol. The van der Waals surface area contributed by atoms with Gasteiger partial charge in [-0.25, -0.2) is 13.1 Å². The van der Waals surface area contributed by atoms with Crippen LogP contribution >= 0.6 is 0 Å². The van der Waals surface area contributed by atoms with Crippen LogP contribution in [0.2, 0.25) is 0 Å². The summed E-state index contributed by atoms with van der Waals surface area (Å²) in [5, 5.41) is 8.51. The van der Waals surface area contributed by atoms with Crippen LogP contribution in [0.5, 0.6) is 0 Å².